The van der Waals surface area contributed by atoms with Gasteiger partial charge in [-0.25, -0.2) is 4.79 Å². The molecule has 2 amide bonds. The van der Waals surface area contributed by atoms with E-state index in [1.807, 2.05) is 30.3 Å². The van der Waals surface area contributed by atoms with Gasteiger partial charge in [-0.05, 0) is 53.2 Å². The van der Waals surface area contributed by atoms with Gasteiger partial charge in [-0.2, -0.15) is 0 Å². The lowest BCUT2D eigenvalue weighted by Gasteiger charge is -2.12. The van der Waals surface area contributed by atoms with Crippen LogP contribution in [0.25, 0.3) is 6.08 Å². The average molecular weight is 465 g/mol. The van der Waals surface area contributed by atoms with Gasteiger partial charge in [-0.1, -0.05) is 36.4 Å². The van der Waals surface area contributed by atoms with Gasteiger partial charge >= 0.3 is 5.97 Å². The second-order valence-electron chi connectivity index (χ2n) is 7.02. The fourth-order valence-corrected chi connectivity index (χ4v) is 4.00. The van der Waals surface area contributed by atoms with Crippen LogP contribution in [0.3, 0.4) is 0 Å². The Labute approximate surface area is 193 Å². The first kappa shape index (κ1) is 22.2. The minimum atomic E-state index is -1.16. The van der Waals surface area contributed by atoms with Crippen molar-refractivity contribution in [2.24, 2.45) is 0 Å². The molecule has 1 saturated heterocycles. The van der Waals surface area contributed by atoms with Gasteiger partial charge in [0.2, 0.25) is 5.76 Å². The number of amides is 2. The molecule has 0 unspecified atom stereocenters. The van der Waals surface area contributed by atoms with E-state index in [0.29, 0.717) is 27.7 Å². The first-order chi connectivity index (χ1) is 15.9. The van der Waals surface area contributed by atoms with Crippen molar-refractivity contribution in [1.29, 1.82) is 0 Å². The lowest BCUT2D eigenvalue weighted by atomic mass is 10.1. The summed E-state index contributed by atoms with van der Waals surface area (Å²) in [5.41, 5.74) is 1.53. The number of carbonyl (C=O) groups is 3. The third-order valence-corrected chi connectivity index (χ3v) is 5.69. The lowest BCUT2D eigenvalue weighted by molar-refractivity contribution is -0.123. The van der Waals surface area contributed by atoms with Gasteiger partial charge in [0, 0.05) is 0 Å². The predicted octanol–water partition coefficient (Wildman–Crippen LogP) is 4.80. The number of aromatic carboxylic acids is 1. The van der Waals surface area contributed by atoms with Crippen molar-refractivity contribution < 1.29 is 33.4 Å². The second-order valence-corrected chi connectivity index (χ2v) is 8.02. The number of thioether (sulfide) groups is 1. The molecule has 1 aromatic heterocycles. The maximum Gasteiger partial charge on any atom is 0.371 e. The van der Waals surface area contributed by atoms with E-state index in [0.717, 1.165) is 17.3 Å². The predicted molar refractivity (Wildman–Crippen MR) is 121 cm³/mol. The Kier molecular flexibility index (Phi) is 6.50. The molecule has 0 saturated carbocycles. The number of furan rings is 1. The van der Waals surface area contributed by atoms with Gasteiger partial charge in [0.1, 0.15) is 12.4 Å². The fourth-order valence-electron chi connectivity index (χ4n) is 3.17. The van der Waals surface area contributed by atoms with Gasteiger partial charge in [-0.3, -0.25) is 14.5 Å². The number of carbonyl (C=O) groups excluding carboxylic acids is 2. The molecular formula is C24H19NO7S. The summed E-state index contributed by atoms with van der Waals surface area (Å²) >= 11 is 0.892. The van der Waals surface area contributed by atoms with Crippen LogP contribution in [0.4, 0.5) is 4.79 Å². The number of carboxylic acid groups (broad SMARTS) is 1. The highest BCUT2D eigenvalue weighted by Gasteiger charge is 2.35. The van der Waals surface area contributed by atoms with Crippen molar-refractivity contribution in [1.82, 2.24) is 4.90 Å². The van der Waals surface area contributed by atoms with Crippen molar-refractivity contribution in [2.45, 2.75) is 13.2 Å². The smallest absolute Gasteiger partial charge is 0.371 e. The van der Waals surface area contributed by atoms with E-state index in [1.165, 1.54) is 24.1 Å². The molecule has 1 fully saturated rings. The van der Waals surface area contributed by atoms with Crippen LogP contribution in [0.15, 0.2) is 70.0 Å². The quantitative estimate of drug-likeness (QED) is 0.473. The minimum absolute atomic E-state index is 0.0152. The van der Waals surface area contributed by atoms with Gasteiger partial charge in [0.25, 0.3) is 11.1 Å². The number of imide groups is 1. The van der Waals surface area contributed by atoms with Crippen LogP contribution in [0, 0.1) is 0 Å². The van der Waals surface area contributed by atoms with E-state index in [1.54, 1.807) is 24.3 Å². The van der Waals surface area contributed by atoms with Gasteiger partial charge in [0.15, 0.2) is 11.5 Å². The standard InChI is InChI=1S/C24H19NO7S/c1-30-20-11-16(7-9-18(20)31-14-17-8-10-19(32-17)23(27)28)12-21-22(26)25(24(29)33-21)13-15-5-3-2-4-6-15/h2-12H,13-14H2,1H3,(H,27,28). The van der Waals surface area contributed by atoms with Crippen LogP contribution in [-0.2, 0) is 17.9 Å². The molecule has 0 spiro atoms. The maximum atomic E-state index is 12.8. The Balaban J connectivity index is 1.47. The molecule has 33 heavy (non-hydrogen) atoms. The summed E-state index contributed by atoms with van der Waals surface area (Å²) in [5, 5.41) is 8.61. The van der Waals surface area contributed by atoms with E-state index in [4.69, 9.17) is 19.0 Å². The molecule has 8 nitrogen and oxygen atoms in total. The first-order valence-electron chi connectivity index (χ1n) is 9.86. The zero-order chi connectivity index (χ0) is 23.4. The molecule has 1 aliphatic heterocycles. The van der Waals surface area contributed by atoms with Crippen LogP contribution in [0.1, 0.15) is 27.4 Å². The Morgan fingerprint density at radius 3 is 2.58 bits per heavy atom. The highest BCUT2D eigenvalue weighted by molar-refractivity contribution is 8.18. The molecule has 1 N–H and O–H groups in total. The number of ether oxygens (including phenoxy) is 2. The summed E-state index contributed by atoms with van der Waals surface area (Å²) in [6.07, 6.45) is 1.63. The van der Waals surface area contributed by atoms with Crippen molar-refractivity contribution >= 4 is 35.0 Å². The third kappa shape index (κ3) is 5.09. The number of carboxylic acids is 1. The third-order valence-electron chi connectivity index (χ3n) is 4.78. The van der Waals surface area contributed by atoms with Crippen LogP contribution >= 0.6 is 11.8 Å². The molecule has 0 atom stereocenters. The average Bonchev–Trinajstić information content (AvgIpc) is 3.39. The monoisotopic (exact) mass is 465 g/mol. The number of hydrogen-bond acceptors (Lipinski definition) is 7. The number of hydrogen-bond donors (Lipinski definition) is 1. The fraction of sp³-hybridized carbons (Fsp3) is 0.125. The van der Waals surface area contributed by atoms with Crippen molar-refractivity contribution in [3.63, 3.8) is 0 Å². The summed E-state index contributed by atoms with van der Waals surface area (Å²) in [6.45, 7) is 0.233. The van der Waals surface area contributed by atoms with Crippen LogP contribution in [0.5, 0.6) is 11.5 Å². The lowest BCUT2D eigenvalue weighted by Crippen LogP contribution is -2.27. The Hall–Kier alpha value is -3.98. The second kappa shape index (κ2) is 9.66. The molecule has 1 aliphatic rings. The summed E-state index contributed by atoms with van der Waals surface area (Å²) in [5.74, 6) is -0.489. The Morgan fingerprint density at radius 2 is 1.88 bits per heavy atom. The molecule has 0 aliphatic carbocycles. The van der Waals surface area contributed by atoms with Crippen LogP contribution in [0.2, 0.25) is 0 Å². The zero-order valence-electron chi connectivity index (χ0n) is 17.5. The number of nitrogens with zero attached hydrogens (tertiary/aromatic N) is 1. The van der Waals surface area contributed by atoms with Crippen molar-refractivity contribution in [3.8, 4) is 11.5 Å². The van der Waals surface area contributed by atoms with E-state index in [2.05, 4.69) is 0 Å². The zero-order valence-corrected chi connectivity index (χ0v) is 18.3. The summed E-state index contributed by atoms with van der Waals surface area (Å²) in [7, 11) is 1.48. The molecule has 2 aromatic carbocycles. The molecule has 0 radical (unpaired) electrons. The van der Waals surface area contributed by atoms with E-state index in [-0.39, 0.29) is 30.1 Å². The summed E-state index contributed by atoms with van der Waals surface area (Å²) in [6, 6.07) is 17.3. The SMILES string of the molecule is COc1cc(C=C2SC(=O)N(Cc3ccccc3)C2=O)ccc1OCc1ccc(C(=O)O)o1. The van der Waals surface area contributed by atoms with Gasteiger partial charge in [-0.15, -0.1) is 0 Å². The van der Waals surface area contributed by atoms with Crippen molar-refractivity contribution in [3.05, 3.63) is 88.2 Å². The van der Waals surface area contributed by atoms with Gasteiger partial charge < -0.3 is 19.0 Å². The Morgan fingerprint density at radius 1 is 1.09 bits per heavy atom. The highest BCUT2D eigenvalue weighted by atomic mass is 32.2. The summed E-state index contributed by atoms with van der Waals surface area (Å²) < 4.78 is 16.2. The highest BCUT2D eigenvalue weighted by Crippen LogP contribution is 2.35. The Bertz CT molecular complexity index is 1230. The maximum absolute atomic E-state index is 12.8. The van der Waals surface area contributed by atoms with Crippen molar-refractivity contribution in [2.75, 3.05) is 7.11 Å². The van der Waals surface area contributed by atoms with E-state index < -0.39 is 5.97 Å². The molecule has 9 heteroatoms. The largest absolute Gasteiger partial charge is 0.493 e. The molecule has 0 bridgehead atoms. The molecular weight excluding hydrogens is 446 g/mol. The number of benzene rings is 2. The first-order valence-corrected chi connectivity index (χ1v) is 10.7. The minimum Gasteiger partial charge on any atom is -0.493 e. The van der Waals surface area contributed by atoms with E-state index >= 15 is 0 Å². The molecule has 2 heterocycles. The molecule has 3 aromatic rings. The molecule has 4 rings (SSSR count). The number of methoxy groups -OCH3 is 1. The van der Waals surface area contributed by atoms with Crippen LogP contribution in [-0.4, -0.2) is 34.2 Å². The van der Waals surface area contributed by atoms with Gasteiger partial charge in [0.05, 0.1) is 18.6 Å². The van der Waals surface area contributed by atoms with Crippen LogP contribution < -0.4 is 9.47 Å². The topological polar surface area (TPSA) is 106 Å². The van der Waals surface area contributed by atoms with E-state index in [9.17, 15) is 14.4 Å². The molecule has 168 valence electrons. The summed E-state index contributed by atoms with van der Waals surface area (Å²) in [4.78, 5) is 37.6. The number of rotatable bonds is 8. The normalized spacial score (nSPS) is 14.7.